The van der Waals surface area contributed by atoms with E-state index >= 15 is 0 Å². The van der Waals surface area contributed by atoms with E-state index in [-0.39, 0.29) is 19.0 Å². The van der Waals surface area contributed by atoms with Crippen LogP contribution in [0.2, 0.25) is 0 Å². The van der Waals surface area contributed by atoms with E-state index < -0.39 is 12.0 Å². The van der Waals surface area contributed by atoms with Gasteiger partial charge in [-0.05, 0) is 6.42 Å². The molecule has 0 saturated carbocycles. The van der Waals surface area contributed by atoms with Crippen LogP contribution in [0.3, 0.4) is 0 Å². The van der Waals surface area contributed by atoms with Gasteiger partial charge in [-0.25, -0.2) is 4.79 Å². The largest absolute Gasteiger partial charge is 0.480 e. The number of ether oxygens (including phenoxy) is 1. The number of likely N-dealkylation sites (N-methyl/N-ethyl adjacent to an activating group) is 1. The van der Waals surface area contributed by atoms with Crippen LogP contribution in [-0.2, 0) is 14.3 Å². The maximum atomic E-state index is 12.0. The molecule has 0 fully saturated rings. The van der Waals surface area contributed by atoms with E-state index in [2.05, 4.69) is 5.32 Å². The molecule has 0 aromatic heterocycles. The van der Waals surface area contributed by atoms with Crippen LogP contribution in [0.15, 0.2) is 0 Å². The molecule has 0 rings (SSSR count). The zero-order valence-corrected chi connectivity index (χ0v) is 12.2. The van der Waals surface area contributed by atoms with Gasteiger partial charge in [0.2, 0.25) is 5.91 Å². The van der Waals surface area contributed by atoms with Gasteiger partial charge < -0.3 is 25.0 Å². The van der Waals surface area contributed by atoms with Crippen LogP contribution < -0.4 is 5.32 Å². The van der Waals surface area contributed by atoms with Crippen molar-refractivity contribution in [3.05, 3.63) is 0 Å². The molecule has 0 aliphatic rings. The normalized spacial score (nSPS) is 9.95. The third kappa shape index (κ3) is 7.57. The second kappa shape index (κ2) is 10.0. The molecule has 8 heteroatoms. The Bertz CT molecular complexity index is 335. The van der Waals surface area contributed by atoms with Crippen molar-refractivity contribution >= 4 is 17.9 Å². The number of hydrogen-bond donors (Lipinski definition) is 2. The maximum absolute atomic E-state index is 12.0. The Labute approximate surface area is 118 Å². The zero-order valence-electron chi connectivity index (χ0n) is 12.2. The van der Waals surface area contributed by atoms with Gasteiger partial charge in [0.25, 0.3) is 0 Å². The van der Waals surface area contributed by atoms with Crippen LogP contribution in [0, 0.1) is 0 Å². The highest BCUT2D eigenvalue weighted by Gasteiger charge is 2.21. The standard InChI is InChI=1S/C12H23N3O5/c1-4-6-15(9-11(17)18)12(19)14(2)8-10(16)13-5-7-20-3/h4-9H2,1-3H3,(H,13,16)(H,17,18). The smallest absolute Gasteiger partial charge is 0.323 e. The van der Waals surface area contributed by atoms with Crippen molar-refractivity contribution in [1.29, 1.82) is 0 Å². The molecule has 0 saturated heterocycles. The van der Waals surface area contributed by atoms with Crippen LogP contribution in [0.1, 0.15) is 13.3 Å². The number of hydrogen-bond acceptors (Lipinski definition) is 4. The molecule has 3 amide bonds. The maximum Gasteiger partial charge on any atom is 0.323 e. The lowest BCUT2D eigenvalue weighted by atomic mass is 10.4. The molecule has 20 heavy (non-hydrogen) atoms. The van der Waals surface area contributed by atoms with Crippen molar-refractivity contribution in [2.24, 2.45) is 0 Å². The van der Waals surface area contributed by atoms with Crippen LogP contribution >= 0.6 is 0 Å². The Morgan fingerprint density at radius 2 is 1.90 bits per heavy atom. The summed E-state index contributed by atoms with van der Waals surface area (Å²) in [6.07, 6.45) is 0.646. The molecular formula is C12H23N3O5. The van der Waals surface area contributed by atoms with Gasteiger partial charge >= 0.3 is 12.0 Å². The number of nitrogens with one attached hydrogen (secondary N) is 1. The van der Waals surface area contributed by atoms with Gasteiger partial charge in [-0.1, -0.05) is 6.92 Å². The molecule has 0 bridgehead atoms. The van der Waals surface area contributed by atoms with E-state index in [0.29, 0.717) is 26.1 Å². The highest BCUT2D eigenvalue weighted by Crippen LogP contribution is 1.99. The van der Waals surface area contributed by atoms with Gasteiger partial charge in [-0.3, -0.25) is 9.59 Å². The quantitative estimate of drug-likeness (QED) is 0.563. The first kappa shape index (κ1) is 18.2. The van der Waals surface area contributed by atoms with E-state index in [0.717, 1.165) is 0 Å². The number of methoxy groups -OCH3 is 1. The molecular weight excluding hydrogens is 266 g/mol. The molecule has 0 aliphatic carbocycles. The van der Waals surface area contributed by atoms with E-state index in [1.54, 1.807) is 0 Å². The Balaban J connectivity index is 4.34. The van der Waals surface area contributed by atoms with Crippen molar-refractivity contribution < 1.29 is 24.2 Å². The third-order valence-electron chi connectivity index (χ3n) is 2.43. The number of amides is 3. The Hall–Kier alpha value is -1.83. The topological polar surface area (TPSA) is 99.2 Å². The number of carbonyl (C=O) groups is 3. The molecule has 0 aromatic carbocycles. The predicted molar refractivity (Wildman–Crippen MR) is 72.4 cm³/mol. The van der Waals surface area contributed by atoms with Gasteiger partial charge in [0.15, 0.2) is 0 Å². The molecule has 0 aliphatic heterocycles. The van der Waals surface area contributed by atoms with Crippen molar-refractivity contribution in [3.8, 4) is 0 Å². The predicted octanol–water partition coefficient (Wildman–Crippen LogP) is -0.403. The summed E-state index contributed by atoms with van der Waals surface area (Å²) in [5.41, 5.74) is 0. The van der Waals surface area contributed by atoms with Crippen molar-refractivity contribution in [2.75, 3.05) is 46.9 Å². The third-order valence-corrected chi connectivity index (χ3v) is 2.43. The van der Waals surface area contributed by atoms with Gasteiger partial charge in [0.05, 0.1) is 6.61 Å². The lowest BCUT2D eigenvalue weighted by Gasteiger charge is -2.26. The Morgan fingerprint density at radius 3 is 2.40 bits per heavy atom. The first-order chi connectivity index (χ1) is 9.42. The van der Waals surface area contributed by atoms with Gasteiger partial charge in [0, 0.05) is 27.2 Å². The summed E-state index contributed by atoms with van der Waals surface area (Å²) >= 11 is 0. The first-order valence-corrected chi connectivity index (χ1v) is 6.39. The number of aliphatic carboxylic acids is 1. The highest BCUT2D eigenvalue weighted by atomic mass is 16.5. The van der Waals surface area contributed by atoms with Crippen molar-refractivity contribution in [3.63, 3.8) is 0 Å². The molecule has 2 N–H and O–H groups in total. The van der Waals surface area contributed by atoms with Gasteiger partial charge in [-0.2, -0.15) is 0 Å². The lowest BCUT2D eigenvalue weighted by Crippen LogP contribution is -2.47. The van der Waals surface area contributed by atoms with E-state index in [4.69, 9.17) is 9.84 Å². The van der Waals surface area contributed by atoms with E-state index in [9.17, 15) is 14.4 Å². The minimum absolute atomic E-state index is 0.123. The molecule has 8 nitrogen and oxygen atoms in total. The lowest BCUT2D eigenvalue weighted by molar-refractivity contribution is -0.137. The van der Waals surface area contributed by atoms with Crippen LogP contribution in [-0.4, -0.2) is 79.8 Å². The summed E-state index contributed by atoms with van der Waals surface area (Å²) in [6.45, 7) is 2.45. The van der Waals surface area contributed by atoms with Gasteiger partial charge in [-0.15, -0.1) is 0 Å². The molecule has 116 valence electrons. The number of carboxylic acid groups (broad SMARTS) is 1. The molecule has 0 radical (unpaired) electrons. The molecule has 0 spiro atoms. The summed E-state index contributed by atoms with van der Waals surface area (Å²) in [5, 5.41) is 11.3. The fraction of sp³-hybridized carbons (Fsp3) is 0.750. The summed E-state index contributed by atoms with van der Waals surface area (Å²) in [5.74, 6) is -1.39. The van der Waals surface area contributed by atoms with E-state index in [1.807, 2.05) is 6.92 Å². The summed E-state index contributed by atoms with van der Waals surface area (Å²) in [7, 11) is 2.99. The number of rotatable bonds is 9. The molecule has 0 atom stereocenters. The van der Waals surface area contributed by atoms with Crippen molar-refractivity contribution in [1.82, 2.24) is 15.1 Å². The molecule has 0 aromatic rings. The van der Waals surface area contributed by atoms with E-state index in [1.165, 1.54) is 24.0 Å². The number of urea groups is 1. The number of carboxylic acids is 1. The SMILES string of the molecule is CCCN(CC(=O)O)C(=O)N(C)CC(=O)NCCOC. The average molecular weight is 289 g/mol. The Kier molecular flexibility index (Phi) is 9.10. The highest BCUT2D eigenvalue weighted by molar-refractivity contribution is 5.85. The molecule has 0 unspecified atom stereocenters. The zero-order chi connectivity index (χ0) is 15.5. The second-order valence-electron chi connectivity index (χ2n) is 4.30. The van der Waals surface area contributed by atoms with Gasteiger partial charge in [0.1, 0.15) is 13.1 Å². The Morgan fingerprint density at radius 1 is 1.25 bits per heavy atom. The monoisotopic (exact) mass is 289 g/mol. The number of carbonyl (C=O) groups excluding carboxylic acids is 2. The van der Waals surface area contributed by atoms with Crippen LogP contribution in [0.5, 0.6) is 0 Å². The average Bonchev–Trinajstić information content (AvgIpc) is 2.37. The first-order valence-electron chi connectivity index (χ1n) is 6.39. The second-order valence-corrected chi connectivity index (χ2v) is 4.30. The van der Waals surface area contributed by atoms with Crippen LogP contribution in [0.4, 0.5) is 4.79 Å². The summed E-state index contributed by atoms with van der Waals surface area (Å²) in [6, 6.07) is -0.476. The fourth-order valence-corrected chi connectivity index (χ4v) is 1.55. The minimum Gasteiger partial charge on any atom is -0.480 e. The summed E-state index contributed by atoms with van der Waals surface area (Å²) < 4.78 is 4.79. The fourth-order valence-electron chi connectivity index (χ4n) is 1.55. The number of nitrogens with zero attached hydrogens (tertiary/aromatic N) is 2. The van der Waals surface area contributed by atoms with Crippen LogP contribution in [0.25, 0.3) is 0 Å². The minimum atomic E-state index is -1.08. The van der Waals surface area contributed by atoms with Crippen molar-refractivity contribution in [2.45, 2.75) is 13.3 Å². The summed E-state index contributed by atoms with van der Waals surface area (Å²) in [4.78, 5) is 36.7. The molecule has 0 heterocycles.